The first-order valence-electron chi connectivity index (χ1n) is 11.1. The van der Waals surface area contributed by atoms with Gasteiger partial charge in [0.2, 0.25) is 5.75 Å². The van der Waals surface area contributed by atoms with Crippen LogP contribution < -0.4 is 15.2 Å². The van der Waals surface area contributed by atoms with E-state index < -0.39 is 11.0 Å². The molecule has 0 radical (unpaired) electrons. The lowest BCUT2D eigenvalue weighted by molar-refractivity contribution is -0.390. The average molecular weight is 746 g/mol. The summed E-state index contributed by atoms with van der Waals surface area (Å²) in [6.07, 6.45) is 2.10. The van der Waals surface area contributed by atoms with E-state index in [4.69, 9.17) is 15.2 Å². The lowest BCUT2D eigenvalue weighted by Gasteiger charge is -2.17. The maximum Gasteiger partial charge on any atom is 0.406 e. The minimum Gasteiger partial charge on any atom is -0.482 e. The molecule has 4 aromatic rings. The van der Waals surface area contributed by atoms with Crippen LogP contribution in [-0.2, 0) is 0 Å². The van der Waals surface area contributed by atoms with Gasteiger partial charge in [-0.25, -0.2) is 13.8 Å². The lowest BCUT2D eigenvalue weighted by atomic mass is 10.1. The summed E-state index contributed by atoms with van der Waals surface area (Å²) < 4.78 is 39.5. The Morgan fingerprint density at radius 2 is 1.32 bits per heavy atom. The first-order chi connectivity index (χ1) is 18.1. The molecule has 0 bridgehead atoms. The Morgan fingerprint density at radius 1 is 0.842 bits per heavy atom. The number of pyridine rings is 2. The molecule has 2 heterocycles. The fraction of sp³-hybridized carbons (Fsp3) is 0.154. The van der Waals surface area contributed by atoms with Gasteiger partial charge in [-0.2, -0.15) is 0 Å². The molecule has 2 unspecified atom stereocenters. The maximum atomic E-state index is 13.3. The molecule has 0 saturated heterocycles. The molecule has 0 aliphatic carbocycles. The molecule has 2 aromatic heterocycles. The highest BCUT2D eigenvalue weighted by Gasteiger charge is 2.20. The molecular weight excluding hydrogens is 724 g/mol. The van der Waals surface area contributed by atoms with Crippen molar-refractivity contribution >= 4 is 56.8 Å². The Hall–Kier alpha value is -3.14. The molecule has 0 amide bonds. The van der Waals surface area contributed by atoms with E-state index in [1.54, 1.807) is 43.5 Å². The molecular formula is C26H22F2I2N4O4. The van der Waals surface area contributed by atoms with Crippen molar-refractivity contribution in [3.8, 4) is 11.5 Å². The zero-order valence-electron chi connectivity index (χ0n) is 20.1. The molecule has 198 valence electrons. The van der Waals surface area contributed by atoms with Gasteiger partial charge in [-0.05, 0) is 130 Å². The summed E-state index contributed by atoms with van der Waals surface area (Å²) >= 11 is 4.21. The Balaban J connectivity index is 0.000000212. The molecule has 0 aliphatic rings. The molecule has 0 spiro atoms. The fourth-order valence-corrected chi connectivity index (χ4v) is 4.82. The predicted octanol–water partition coefficient (Wildman–Crippen LogP) is 7.42. The van der Waals surface area contributed by atoms with Crippen molar-refractivity contribution in [1.82, 2.24) is 9.97 Å². The van der Waals surface area contributed by atoms with Gasteiger partial charge in [0, 0.05) is 24.5 Å². The molecule has 38 heavy (non-hydrogen) atoms. The first kappa shape index (κ1) is 29.4. The van der Waals surface area contributed by atoms with Crippen LogP contribution in [0.2, 0.25) is 0 Å². The standard InChI is InChI=1S/C13H10FIN2O3.C13H12FIN2O/c1-8(10-7-9(14)4-5-11(10)15)20-12-3-2-6-16-13(12)17(18)19;1-8(10-7-9(14)4-5-11(10)15)18-12-3-2-6-17-13(12)16/h2-8H,1H3;2-8H,1H3,(H2,16,17). The van der Waals surface area contributed by atoms with Crippen LogP contribution in [0.1, 0.15) is 37.2 Å². The molecule has 4 rings (SSSR count). The Morgan fingerprint density at radius 3 is 1.82 bits per heavy atom. The minimum absolute atomic E-state index is 0.0602. The van der Waals surface area contributed by atoms with Crippen LogP contribution in [0.15, 0.2) is 73.1 Å². The van der Waals surface area contributed by atoms with Crippen LogP contribution in [0.4, 0.5) is 20.4 Å². The van der Waals surface area contributed by atoms with Crippen LogP contribution in [-0.4, -0.2) is 14.9 Å². The number of benzene rings is 2. The largest absolute Gasteiger partial charge is 0.482 e. The summed E-state index contributed by atoms with van der Waals surface area (Å²) in [4.78, 5) is 17.9. The number of nitrogen functional groups attached to an aromatic ring is 1. The molecule has 0 fully saturated rings. The predicted molar refractivity (Wildman–Crippen MR) is 156 cm³/mol. The number of hydrogen-bond acceptors (Lipinski definition) is 7. The third-order valence-electron chi connectivity index (χ3n) is 5.12. The van der Waals surface area contributed by atoms with E-state index >= 15 is 0 Å². The maximum absolute atomic E-state index is 13.3. The second kappa shape index (κ2) is 13.6. The van der Waals surface area contributed by atoms with Crippen LogP contribution in [0.5, 0.6) is 11.5 Å². The summed E-state index contributed by atoms with van der Waals surface area (Å²) in [6, 6.07) is 15.5. The third kappa shape index (κ3) is 7.93. The van der Waals surface area contributed by atoms with Gasteiger partial charge in [0.15, 0.2) is 11.6 Å². The average Bonchev–Trinajstić information content (AvgIpc) is 2.88. The van der Waals surface area contributed by atoms with Crippen molar-refractivity contribution in [1.29, 1.82) is 0 Å². The smallest absolute Gasteiger partial charge is 0.406 e. The highest BCUT2D eigenvalue weighted by molar-refractivity contribution is 14.1. The van der Waals surface area contributed by atoms with E-state index in [0.29, 0.717) is 17.1 Å². The fourth-order valence-electron chi connectivity index (χ4n) is 3.27. The number of nitrogens with two attached hydrogens (primary N) is 1. The van der Waals surface area contributed by atoms with Crippen molar-refractivity contribution < 1.29 is 23.2 Å². The van der Waals surface area contributed by atoms with E-state index in [1.165, 1.54) is 36.5 Å². The molecule has 2 aromatic carbocycles. The number of hydrogen-bond donors (Lipinski definition) is 1. The summed E-state index contributed by atoms with van der Waals surface area (Å²) in [5.74, 6) is -0.117. The number of anilines is 1. The van der Waals surface area contributed by atoms with Crippen LogP contribution in [0.25, 0.3) is 0 Å². The number of ether oxygens (including phenoxy) is 2. The van der Waals surface area contributed by atoms with Crippen LogP contribution in [0.3, 0.4) is 0 Å². The monoisotopic (exact) mass is 746 g/mol. The topological polar surface area (TPSA) is 113 Å². The molecule has 2 N–H and O–H groups in total. The first-order valence-corrected chi connectivity index (χ1v) is 13.3. The van der Waals surface area contributed by atoms with E-state index in [2.05, 4.69) is 55.1 Å². The molecule has 8 nitrogen and oxygen atoms in total. The highest BCUT2D eigenvalue weighted by atomic mass is 127. The number of aromatic nitrogens is 2. The van der Waals surface area contributed by atoms with Gasteiger partial charge in [0.1, 0.15) is 30.0 Å². The Kier molecular flexibility index (Phi) is 10.5. The van der Waals surface area contributed by atoms with Gasteiger partial charge in [-0.15, -0.1) is 0 Å². The highest BCUT2D eigenvalue weighted by Crippen LogP contribution is 2.31. The SMILES string of the molecule is CC(Oc1cccnc1N)c1cc(F)ccc1I.CC(Oc1cccnc1[N+](=O)[O-])c1cc(F)ccc1I. The van der Waals surface area contributed by atoms with E-state index in [0.717, 1.165) is 12.7 Å². The van der Waals surface area contributed by atoms with E-state index in [9.17, 15) is 18.9 Å². The van der Waals surface area contributed by atoms with Crippen molar-refractivity contribution in [3.63, 3.8) is 0 Å². The minimum atomic E-state index is -0.613. The molecule has 12 heteroatoms. The van der Waals surface area contributed by atoms with Gasteiger partial charge < -0.3 is 25.3 Å². The summed E-state index contributed by atoms with van der Waals surface area (Å²) in [6.45, 7) is 3.55. The van der Waals surface area contributed by atoms with Gasteiger partial charge in [-0.3, -0.25) is 0 Å². The zero-order chi connectivity index (χ0) is 27.8. The summed E-state index contributed by atoms with van der Waals surface area (Å²) in [5, 5.41) is 10.9. The third-order valence-corrected chi connectivity index (χ3v) is 7.09. The number of nitrogens with zero attached hydrogens (tertiary/aromatic N) is 3. The van der Waals surface area contributed by atoms with Gasteiger partial charge in [0.25, 0.3) is 0 Å². The zero-order valence-corrected chi connectivity index (χ0v) is 24.5. The number of halogens is 4. The van der Waals surface area contributed by atoms with Crippen LogP contribution >= 0.6 is 45.2 Å². The second-order valence-corrected chi connectivity index (χ2v) is 10.1. The van der Waals surface area contributed by atoms with Crippen molar-refractivity contribution in [2.24, 2.45) is 0 Å². The van der Waals surface area contributed by atoms with Crippen molar-refractivity contribution in [3.05, 3.63) is 113 Å². The molecule has 0 aliphatic heterocycles. The molecule has 2 atom stereocenters. The van der Waals surface area contributed by atoms with Crippen molar-refractivity contribution in [2.75, 3.05) is 5.73 Å². The second-order valence-electron chi connectivity index (χ2n) is 7.82. The van der Waals surface area contributed by atoms with E-state index in [-0.39, 0.29) is 29.3 Å². The Labute approximate surface area is 245 Å². The summed E-state index contributed by atoms with van der Waals surface area (Å²) in [7, 11) is 0. The van der Waals surface area contributed by atoms with E-state index in [1.807, 2.05) is 6.92 Å². The molecule has 0 saturated carbocycles. The quantitative estimate of drug-likeness (QED) is 0.119. The Bertz CT molecular complexity index is 1430. The normalized spacial score (nSPS) is 12.1. The number of rotatable bonds is 7. The lowest BCUT2D eigenvalue weighted by Crippen LogP contribution is -2.07. The van der Waals surface area contributed by atoms with Crippen LogP contribution in [0, 0.1) is 28.9 Å². The van der Waals surface area contributed by atoms with Gasteiger partial charge in [0.05, 0.1) is 0 Å². The van der Waals surface area contributed by atoms with Gasteiger partial charge >= 0.3 is 5.82 Å². The van der Waals surface area contributed by atoms with Crippen molar-refractivity contribution in [2.45, 2.75) is 26.1 Å². The van der Waals surface area contributed by atoms with Gasteiger partial charge in [-0.1, -0.05) is 0 Å². The summed E-state index contributed by atoms with van der Waals surface area (Å²) in [5.41, 5.74) is 7.12. The number of nitro groups is 1.